The fourth-order valence-corrected chi connectivity index (χ4v) is 0.278. The fourth-order valence-electron chi connectivity index (χ4n) is 0.278. The van der Waals surface area contributed by atoms with Crippen LogP contribution in [0.15, 0.2) is 18.1 Å². The third-order valence-electron chi connectivity index (χ3n) is 0.496. The molecular formula is C4H3B-. The fraction of sp³-hybridized carbons (Fsp3) is 0. The van der Waals surface area contributed by atoms with E-state index in [2.05, 4.69) is 5.98 Å². The van der Waals surface area contributed by atoms with E-state index in [0.29, 0.717) is 0 Å². The van der Waals surface area contributed by atoms with Gasteiger partial charge in [-0.25, -0.2) is 18.1 Å². The first-order valence-electron chi connectivity index (χ1n) is 1.58. The molecule has 0 unspecified atom stereocenters. The summed E-state index contributed by atoms with van der Waals surface area (Å²) in [5.74, 6) is 4.81. The van der Waals surface area contributed by atoms with Gasteiger partial charge in [0.1, 0.15) is 0 Å². The van der Waals surface area contributed by atoms with E-state index in [9.17, 15) is 0 Å². The Morgan fingerprint density at radius 2 is 2.60 bits per heavy atom. The summed E-state index contributed by atoms with van der Waals surface area (Å²) in [6, 6.07) is 0. The van der Waals surface area contributed by atoms with Gasteiger partial charge in [0.25, 0.3) is 0 Å². The Bertz CT molecular complexity index is 61.7. The average Bonchev–Trinajstić information content (AvgIpc) is 1.76. The van der Waals surface area contributed by atoms with Crippen molar-refractivity contribution >= 4 is 7.28 Å². The third kappa shape index (κ3) is 0.410. The largest absolute Gasteiger partial charge is 0.307 e. The molecule has 0 saturated heterocycles. The van der Waals surface area contributed by atoms with E-state index < -0.39 is 0 Å². The molecule has 1 heteroatoms. The van der Waals surface area contributed by atoms with Crippen molar-refractivity contribution in [3.63, 3.8) is 0 Å². The molecule has 1 radical (unpaired) electrons. The molecule has 5 heavy (non-hydrogen) atoms. The van der Waals surface area contributed by atoms with Crippen LogP contribution in [0.25, 0.3) is 0 Å². The van der Waals surface area contributed by atoms with Gasteiger partial charge in [0.15, 0.2) is 0 Å². The molecule has 1 heterocycles. The zero-order valence-corrected chi connectivity index (χ0v) is 2.81. The topological polar surface area (TPSA) is 0 Å². The molecule has 0 N–H and O–H groups in total. The van der Waals surface area contributed by atoms with E-state index in [1.807, 2.05) is 25.4 Å². The van der Waals surface area contributed by atoms with E-state index >= 15 is 0 Å². The molecule has 23 valence electrons. The highest BCUT2D eigenvalue weighted by Gasteiger charge is 1.60. The summed E-state index contributed by atoms with van der Waals surface area (Å²) in [7, 11) is 1.88. The van der Waals surface area contributed by atoms with Crippen LogP contribution in [0.4, 0.5) is 0 Å². The maximum atomic E-state index is 2.86. The standard InChI is InChI=1S/C4H3B/c1-2-4-5-3-1/h1-3H/q-1. The smallest absolute Gasteiger partial charge is 0.0197 e. The van der Waals surface area contributed by atoms with Crippen LogP contribution in [0.2, 0.25) is 0 Å². The van der Waals surface area contributed by atoms with Crippen molar-refractivity contribution in [1.82, 2.24) is 0 Å². The molecule has 0 aromatic rings. The van der Waals surface area contributed by atoms with Crippen LogP contribution in [0, 0.1) is 5.98 Å². The lowest BCUT2D eigenvalue weighted by atomic mass is 9.83. The highest BCUT2D eigenvalue weighted by atomic mass is 13.6. The second-order valence-corrected chi connectivity index (χ2v) is 0.885. The van der Waals surface area contributed by atoms with E-state index in [1.54, 1.807) is 0 Å². The molecule has 0 saturated carbocycles. The van der Waals surface area contributed by atoms with E-state index in [-0.39, 0.29) is 0 Å². The van der Waals surface area contributed by atoms with Gasteiger partial charge < -0.3 is 5.98 Å². The van der Waals surface area contributed by atoms with Gasteiger partial charge in [-0.2, -0.15) is 0 Å². The van der Waals surface area contributed by atoms with Crippen molar-refractivity contribution in [3.05, 3.63) is 24.1 Å². The SMILES string of the molecule is [B]1[C-]=CC=C1. The van der Waals surface area contributed by atoms with Gasteiger partial charge in [-0.15, -0.1) is 0 Å². The quantitative estimate of drug-likeness (QED) is 0.283. The van der Waals surface area contributed by atoms with Crippen molar-refractivity contribution in [2.75, 3.05) is 0 Å². The molecule has 0 aromatic heterocycles. The molecule has 1 rings (SSSR count). The lowest BCUT2D eigenvalue weighted by molar-refractivity contribution is 2.11. The Hall–Kier alpha value is -0.455. The molecule has 0 spiro atoms. The Kier molecular flexibility index (Phi) is 0.615. The maximum Gasteiger partial charge on any atom is 0.0197 e. The Morgan fingerprint density at radius 3 is 2.80 bits per heavy atom. The van der Waals surface area contributed by atoms with Crippen molar-refractivity contribution in [1.29, 1.82) is 0 Å². The van der Waals surface area contributed by atoms with Crippen LogP contribution in [0.3, 0.4) is 0 Å². The van der Waals surface area contributed by atoms with Crippen molar-refractivity contribution in [3.8, 4) is 0 Å². The van der Waals surface area contributed by atoms with Gasteiger partial charge in [0.2, 0.25) is 0 Å². The van der Waals surface area contributed by atoms with Crippen LogP contribution in [0.1, 0.15) is 0 Å². The van der Waals surface area contributed by atoms with Crippen molar-refractivity contribution in [2.45, 2.75) is 0 Å². The number of hydrogen-bond acceptors (Lipinski definition) is 0. The molecule has 1 aliphatic heterocycles. The summed E-state index contributed by atoms with van der Waals surface area (Å²) in [5.41, 5.74) is 0. The van der Waals surface area contributed by atoms with Gasteiger partial charge in [-0.1, -0.05) is 0 Å². The predicted octanol–water partition coefficient (Wildman–Crippen LogP) is 0.535. The molecule has 1 aliphatic rings. The number of hydrogen-bond donors (Lipinski definition) is 0. The summed E-state index contributed by atoms with van der Waals surface area (Å²) in [5, 5.41) is 0. The minimum Gasteiger partial charge on any atom is -0.307 e. The molecular weight excluding hydrogens is 58.9 g/mol. The van der Waals surface area contributed by atoms with Crippen LogP contribution >= 0.6 is 0 Å². The Labute approximate surface area is 32.4 Å². The second-order valence-electron chi connectivity index (χ2n) is 0.885. The minimum atomic E-state index is 1.88. The molecule has 0 atom stereocenters. The first kappa shape index (κ1) is 2.76. The summed E-state index contributed by atoms with van der Waals surface area (Å²) in [6.07, 6.45) is 3.82. The average molecular weight is 61.9 g/mol. The molecule has 0 aliphatic carbocycles. The van der Waals surface area contributed by atoms with E-state index in [4.69, 9.17) is 0 Å². The zero-order valence-electron chi connectivity index (χ0n) is 2.81. The van der Waals surface area contributed by atoms with Crippen LogP contribution in [0.5, 0.6) is 0 Å². The molecule has 0 nitrogen and oxygen atoms in total. The predicted molar refractivity (Wildman–Crippen MR) is 22.7 cm³/mol. The summed E-state index contributed by atoms with van der Waals surface area (Å²) in [4.78, 5) is 0. The van der Waals surface area contributed by atoms with Crippen LogP contribution in [-0.4, -0.2) is 7.28 Å². The molecule has 0 amide bonds. The first-order chi connectivity index (χ1) is 2.50. The van der Waals surface area contributed by atoms with Crippen LogP contribution < -0.4 is 0 Å². The Balaban J connectivity index is 2.61. The van der Waals surface area contributed by atoms with Crippen molar-refractivity contribution < 1.29 is 0 Å². The summed E-state index contributed by atoms with van der Waals surface area (Å²) in [6.45, 7) is 0. The lowest BCUT2D eigenvalue weighted by Crippen LogP contribution is -1.64. The maximum absolute atomic E-state index is 2.86. The normalized spacial score (nSPS) is 16.0. The van der Waals surface area contributed by atoms with Gasteiger partial charge in [-0.05, 0) is 0 Å². The van der Waals surface area contributed by atoms with Gasteiger partial charge >= 0.3 is 0 Å². The molecule has 0 bridgehead atoms. The first-order valence-corrected chi connectivity index (χ1v) is 1.58. The van der Waals surface area contributed by atoms with Gasteiger partial charge in [0.05, 0.1) is 0 Å². The van der Waals surface area contributed by atoms with E-state index in [0.717, 1.165) is 0 Å². The third-order valence-corrected chi connectivity index (χ3v) is 0.496. The van der Waals surface area contributed by atoms with Crippen LogP contribution in [-0.2, 0) is 0 Å². The summed E-state index contributed by atoms with van der Waals surface area (Å²) < 4.78 is 0. The highest BCUT2D eigenvalue weighted by molar-refractivity contribution is 6.46. The lowest BCUT2D eigenvalue weighted by Gasteiger charge is -1.67. The monoisotopic (exact) mass is 62.0 g/mol. The molecule has 0 fully saturated rings. The Morgan fingerprint density at radius 1 is 1.60 bits per heavy atom. The minimum absolute atomic E-state index is 1.88. The van der Waals surface area contributed by atoms with Crippen molar-refractivity contribution in [2.24, 2.45) is 0 Å². The van der Waals surface area contributed by atoms with E-state index in [1.165, 1.54) is 0 Å². The molecule has 0 aromatic carbocycles. The zero-order chi connectivity index (χ0) is 3.54. The summed E-state index contributed by atoms with van der Waals surface area (Å²) >= 11 is 0. The van der Waals surface area contributed by atoms with Gasteiger partial charge in [0, 0.05) is 7.28 Å². The number of allylic oxidation sites excluding steroid dienone is 2. The second kappa shape index (κ2) is 1.11. The highest BCUT2D eigenvalue weighted by Crippen LogP contribution is 1.81. The number of rotatable bonds is 0. The van der Waals surface area contributed by atoms with Gasteiger partial charge in [-0.3, -0.25) is 0 Å².